The molecular weight excluding hydrogens is 683 g/mol. The summed E-state index contributed by atoms with van der Waals surface area (Å²) < 4.78 is 32.0. The fourth-order valence-electron chi connectivity index (χ4n) is 7.41. The highest BCUT2D eigenvalue weighted by Crippen LogP contribution is 2.39. The van der Waals surface area contributed by atoms with Crippen molar-refractivity contribution in [1.29, 1.82) is 0 Å². The highest BCUT2D eigenvalue weighted by molar-refractivity contribution is 7.90. The third-order valence-corrected chi connectivity index (χ3v) is 13.2. The van der Waals surface area contributed by atoms with Gasteiger partial charge in [0.25, 0.3) is 11.8 Å². The normalized spacial score (nSPS) is 19.4. The number of hydrogen-bond donors (Lipinski definition) is 2. The molecule has 1 aromatic carbocycles. The Bertz CT molecular complexity index is 1690. The zero-order chi connectivity index (χ0) is 36.6. The van der Waals surface area contributed by atoms with Crippen molar-refractivity contribution in [2.24, 2.45) is 17.8 Å². The van der Waals surface area contributed by atoms with Crippen molar-refractivity contribution in [3.8, 4) is 11.4 Å². The summed E-state index contributed by atoms with van der Waals surface area (Å²) in [6.45, 7) is 10.5. The van der Waals surface area contributed by atoms with E-state index in [1.807, 2.05) is 42.7 Å². The first-order chi connectivity index (χ1) is 24.3. The van der Waals surface area contributed by atoms with Crippen LogP contribution in [-0.4, -0.2) is 68.8 Å². The van der Waals surface area contributed by atoms with E-state index in [-0.39, 0.29) is 24.2 Å². The van der Waals surface area contributed by atoms with E-state index in [1.54, 1.807) is 6.07 Å². The quantitative estimate of drug-likeness (QED) is 0.186. The predicted molar refractivity (Wildman–Crippen MR) is 205 cm³/mol. The molecule has 1 unspecified atom stereocenters. The summed E-state index contributed by atoms with van der Waals surface area (Å²) in [5, 5.41) is 2.77. The number of anilines is 1. The zero-order valence-corrected chi connectivity index (χ0v) is 32.5. The molecule has 5 rings (SSSR count). The van der Waals surface area contributed by atoms with Crippen LogP contribution in [0.2, 0.25) is 0 Å². The van der Waals surface area contributed by atoms with Crippen LogP contribution in [0.1, 0.15) is 99.2 Å². The number of methoxy groups -OCH3 is 1. The number of ether oxygens (including phenoxy) is 1. The standard InChI is InChI=1S/C39H55N5O5S2/c1-6-7-27-8-12-29(13-9-27)30-18-20-44(21-19-30)32-25-40-36(41-26-32)31-14-10-28(11-15-31)24-33(37(45)43-51(47,48)23-22-49-5)42-38(46)34-16-17-35(50-34)39(2,3)4/h10-11,14-17,25-27,29-30,33H,6-9,12-13,18-24H2,1-5H3,(H,42,46)(H,43,45)/t27-,29-,33?. The fraction of sp³-hybridized carbons (Fsp3) is 0.590. The summed E-state index contributed by atoms with van der Waals surface area (Å²) >= 11 is 1.35. The Labute approximate surface area is 308 Å². The lowest BCUT2D eigenvalue weighted by molar-refractivity contribution is -0.121. The second-order valence-electron chi connectivity index (χ2n) is 15.3. The average molecular weight is 738 g/mol. The van der Waals surface area contributed by atoms with Crippen LogP contribution >= 0.6 is 11.3 Å². The van der Waals surface area contributed by atoms with Gasteiger partial charge in [0.2, 0.25) is 10.0 Å². The van der Waals surface area contributed by atoms with Crippen LogP contribution in [0.25, 0.3) is 11.4 Å². The van der Waals surface area contributed by atoms with E-state index in [1.165, 1.54) is 69.8 Å². The fourth-order valence-corrected chi connectivity index (χ4v) is 9.32. The first-order valence-corrected chi connectivity index (χ1v) is 20.9. The van der Waals surface area contributed by atoms with Gasteiger partial charge in [0, 0.05) is 37.1 Å². The molecule has 0 radical (unpaired) electrons. The number of carbonyl (C=O) groups excluding carboxylic acids is 2. The second kappa shape index (κ2) is 17.4. The van der Waals surface area contributed by atoms with Crippen LogP contribution < -0.4 is 14.9 Å². The molecule has 12 heteroatoms. The predicted octanol–water partition coefficient (Wildman–Crippen LogP) is 6.76. The molecule has 1 aliphatic carbocycles. The summed E-state index contributed by atoms with van der Waals surface area (Å²) in [5.74, 6) is 1.65. The van der Waals surface area contributed by atoms with Crippen molar-refractivity contribution in [3.63, 3.8) is 0 Å². The molecule has 1 atom stereocenters. The van der Waals surface area contributed by atoms with Gasteiger partial charge in [-0.25, -0.2) is 18.4 Å². The van der Waals surface area contributed by atoms with Gasteiger partial charge < -0.3 is 15.0 Å². The lowest BCUT2D eigenvalue weighted by Gasteiger charge is -2.39. The number of nitrogens with zero attached hydrogens (tertiary/aromatic N) is 3. The third-order valence-electron chi connectivity index (χ3n) is 10.5. The maximum atomic E-state index is 13.3. The Hall–Kier alpha value is -3.35. The molecule has 2 amide bonds. The first kappa shape index (κ1) is 38.9. The van der Waals surface area contributed by atoms with Crippen molar-refractivity contribution in [2.45, 2.75) is 96.9 Å². The third kappa shape index (κ3) is 10.8. The van der Waals surface area contributed by atoms with Gasteiger partial charge in [-0.15, -0.1) is 11.3 Å². The molecule has 51 heavy (non-hydrogen) atoms. The van der Waals surface area contributed by atoms with Gasteiger partial charge >= 0.3 is 0 Å². The SMILES string of the molecule is CCC[C@H]1CC[C@H](C2CCN(c3cnc(-c4ccc(CC(NC(=O)c5ccc(C(C)(C)C)s5)C(=O)NS(=O)(=O)CCOC)cc4)nc3)CC2)CC1. The van der Waals surface area contributed by atoms with Gasteiger partial charge in [-0.3, -0.25) is 14.3 Å². The van der Waals surface area contributed by atoms with Crippen LogP contribution in [0, 0.1) is 17.8 Å². The van der Waals surface area contributed by atoms with E-state index < -0.39 is 27.9 Å². The van der Waals surface area contributed by atoms with E-state index >= 15 is 0 Å². The molecule has 2 fully saturated rings. The molecule has 2 N–H and O–H groups in total. The molecule has 3 heterocycles. The highest BCUT2D eigenvalue weighted by atomic mass is 32.2. The van der Waals surface area contributed by atoms with Gasteiger partial charge in [-0.1, -0.05) is 77.6 Å². The largest absolute Gasteiger partial charge is 0.384 e. The number of sulfonamides is 1. The van der Waals surface area contributed by atoms with Crippen LogP contribution in [0.15, 0.2) is 48.8 Å². The Morgan fingerprint density at radius 1 is 0.961 bits per heavy atom. The minimum atomic E-state index is -3.96. The van der Waals surface area contributed by atoms with Crippen molar-refractivity contribution in [1.82, 2.24) is 20.0 Å². The number of rotatable bonds is 14. The summed E-state index contributed by atoms with van der Waals surface area (Å²) in [4.78, 5) is 39.8. The molecule has 1 saturated heterocycles. The number of aromatic nitrogens is 2. The number of carbonyl (C=O) groups is 2. The highest BCUT2D eigenvalue weighted by Gasteiger charge is 2.31. The lowest BCUT2D eigenvalue weighted by atomic mass is 9.72. The summed E-state index contributed by atoms with van der Waals surface area (Å²) in [6, 6.07) is 9.96. The molecule has 1 saturated carbocycles. The smallest absolute Gasteiger partial charge is 0.262 e. The average Bonchev–Trinajstić information content (AvgIpc) is 3.63. The monoisotopic (exact) mass is 737 g/mol. The van der Waals surface area contributed by atoms with E-state index in [0.717, 1.165) is 52.5 Å². The van der Waals surface area contributed by atoms with Gasteiger partial charge in [0.15, 0.2) is 5.82 Å². The van der Waals surface area contributed by atoms with Crippen molar-refractivity contribution in [2.75, 3.05) is 37.5 Å². The van der Waals surface area contributed by atoms with Crippen LogP contribution in [0.3, 0.4) is 0 Å². The molecule has 3 aromatic rings. The maximum Gasteiger partial charge on any atom is 0.262 e. The Morgan fingerprint density at radius 3 is 2.20 bits per heavy atom. The van der Waals surface area contributed by atoms with Crippen LogP contribution in [0.5, 0.6) is 0 Å². The summed E-state index contributed by atoms with van der Waals surface area (Å²) in [6.07, 6.45) is 14.7. The number of benzene rings is 1. The molecule has 2 aliphatic rings. The van der Waals surface area contributed by atoms with E-state index in [2.05, 4.69) is 52.6 Å². The Balaban J connectivity index is 1.20. The number of nitrogens with one attached hydrogen (secondary N) is 2. The van der Waals surface area contributed by atoms with E-state index in [9.17, 15) is 18.0 Å². The van der Waals surface area contributed by atoms with Crippen LogP contribution in [-0.2, 0) is 31.4 Å². The van der Waals surface area contributed by atoms with Gasteiger partial charge in [0.1, 0.15) is 6.04 Å². The van der Waals surface area contributed by atoms with Crippen molar-refractivity contribution in [3.05, 3.63) is 64.1 Å². The zero-order valence-electron chi connectivity index (χ0n) is 30.8. The maximum absolute atomic E-state index is 13.3. The molecule has 1 aliphatic heterocycles. The molecule has 10 nitrogen and oxygen atoms in total. The van der Waals surface area contributed by atoms with Crippen molar-refractivity contribution < 1.29 is 22.7 Å². The van der Waals surface area contributed by atoms with Gasteiger partial charge in [0.05, 0.1) is 35.3 Å². The molecule has 0 spiro atoms. The summed E-state index contributed by atoms with van der Waals surface area (Å²) in [5.41, 5.74) is 2.48. The summed E-state index contributed by atoms with van der Waals surface area (Å²) in [7, 11) is -2.57. The molecule has 278 valence electrons. The Kier molecular flexibility index (Phi) is 13.3. The van der Waals surface area contributed by atoms with Gasteiger partial charge in [-0.05, 0) is 66.5 Å². The minimum absolute atomic E-state index is 0.0621. The first-order valence-electron chi connectivity index (χ1n) is 18.5. The molecule has 2 aromatic heterocycles. The molecular formula is C39H55N5O5S2. The van der Waals surface area contributed by atoms with Crippen molar-refractivity contribution >= 4 is 38.9 Å². The number of amides is 2. The topological polar surface area (TPSA) is 131 Å². The number of piperidine rings is 1. The Morgan fingerprint density at radius 2 is 1.61 bits per heavy atom. The van der Waals surface area contributed by atoms with Gasteiger partial charge in [-0.2, -0.15) is 0 Å². The lowest BCUT2D eigenvalue weighted by Crippen LogP contribution is -2.50. The van der Waals surface area contributed by atoms with Crippen LogP contribution in [0.4, 0.5) is 5.69 Å². The minimum Gasteiger partial charge on any atom is -0.384 e. The van der Waals surface area contributed by atoms with E-state index in [4.69, 9.17) is 4.74 Å². The van der Waals surface area contributed by atoms with E-state index in [0.29, 0.717) is 10.7 Å². The number of hydrogen-bond acceptors (Lipinski definition) is 9. The second-order valence-corrected chi connectivity index (χ2v) is 18.2. The number of thiophene rings is 1. The molecule has 0 bridgehead atoms.